The molecule has 0 bridgehead atoms. The molecule has 0 amide bonds. The van der Waals surface area contributed by atoms with Crippen molar-refractivity contribution in [2.75, 3.05) is 0 Å². The number of ketones is 2. The van der Waals surface area contributed by atoms with Gasteiger partial charge in [-0.05, 0) is 87.4 Å². The van der Waals surface area contributed by atoms with Gasteiger partial charge in [-0.3, -0.25) is 19.2 Å². The maximum atomic E-state index is 13.1. The lowest BCUT2D eigenvalue weighted by molar-refractivity contribution is -0.156. The predicted octanol–water partition coefficient (Wildman–Crippen LogP) is 7.78. The number of allylic oxidation sites excluding steroid dienone is 1. The van der Waals surface area contributed by atoms with Crippen LogP contribution in [0.2, 0.25) is 0 Å². The second kappa shape index (κ2) is 23.7. The molecule has 0 aromatic heterocycles. The number of hydrogen-bond donors (Lipinski definition) is 4. The molecule has 4 saturated heterocycles. The molecule has 0 aliphatic carbocycles. The van der Waals surface area contributed by atoms with Crippen LogP contribution in [0.1, 0.15) is 162 Å². The summed E-state index contributed by atoms with van der Waals surface area (Å²) in [7, 11) is 0. The molecule has 4 aliphatic heterocycles. The third-order valence-electron chi connectivity index (χ3n) is 14.5. The number of aliphatic hydroxyl groups is 4. The number of rotatable bonds is 2. The maximum Gasteiger partial charge on any atom is 0.309 e. The highest BCUT2D eigenvalue weighted by molar-refractivity contribution is 14.1. The SMILES string of the molecule is C.C/C(=C\I)[C@@H]1C[C@@H]2O[C@]2(C)CCCC(C)[C@H](O)C(C)C(=O)C(C)(C)C(O)CC(=O)O1.C/C=C(\C)[C@@H]1C[C@@H]2O[C@]2(C)CCCC(C)[C@H](O)C(C)C(=O)C(C)(C)C(O)CC(=O)O1.[B]. The minimum Gasteiger partial charge on any atom is -0.458 e. The number of cyclic esters (lactones) is 2. The third-order valence-corrected chi connectivity index (χ3v) is 15.4. The summed E-state index contributed by atoms with van der Waals surface area (Å²) in [6.45, 7) is 23.7. The summed E-state index contributed by atoms with van der Waals surface area (Å²) in [6, 6.07) is 0. The summed E-state index contributed by atoms with van der Waals surface area (Å²) in [5.74, 6) is -2.92. The van der Waals surface area contributed by atoms with Crippen molar-refractivity contribution in [3.05, 3.63) is 21.3 Å². The van der Waals surface area contributed by atoms with E-state index in [2.05, 4.69) is 36.4 Å². The van der Waals surface area contributed by atoms with E-state index in [-0.39, 0.29) is 75.5 Å². The zero-order valence-corrected chi connectivity index (χ0v) is 41.3. The van der Waals surface area contributed by atoms with Crippen LogP contribution < -0.4 is 0 Å². The highest BCUT2D eigenvalue weighted by Gasteiger charge is 2.54. The van der Waals surface area contributed by atoms with Gasteiger partial charge in [0.2, 0.25) is 0 Å². The largest absolute Gasteiger partial charge is 0.458 e. The molecule has 0 spiro atoms. The number of carbonyl (C=O) groups is 4. The molecule has 0 aromatic carbocycles. The highest BCUT2D eigenvalue weighted by atomic mass is 127. The Morgan fingerprint density at radius 2 is 0.984 bits per heavy atom. The van der Waals surface area contributed by atoms with E-state index in [4.69, 9.17) is 18.9 Å². The summed E-state index contributed by atoms with van der Waals surface area (Å²) in [5.41, 5.74) is -0.961. The van der Waals surface area contributed by atoms with Crippen LogP contribution in [0, 0.1) is 34.5 Å². The predicted molar refractivity (Wildman–Crippen MR) is 250 cm³/mol. The van der Waals surface area contributed by atoms with E-state index >= 15 is 0 Å². The topological polar surface area (TPSA) is 193 Å². The van der Waals surface area contributed by atoms with E-state index in [0.717, 1.165) is 49.7 Å². The Balaban J connectivity index is 0.000000601. The van der Waals surface area contributed by atoms with Crippen LogP contribution in [0.15, 0.2) is 21.3 Å². The van der Waals surface area contributed by atoms with Gasteiger partial charge < -0.3 is 39.4 Å². The van der Waals surface area contributed by atoms with Gasteiger partial charge in [-0.25, -0.2) is 0 Å². The zero-order valence-electron chi connectivity index (χ0n) is 39.2. The first-order valence-electron chi connectivity index (χ1n) is 22.1. The molecule has 4 rings (SSSR count). The molecule has 0 saturated carbocycles. The maximum absolute atomic E-state index is 13.1. The molecule has 12 nitrogen and oxygen atoms in total. The van der Waals surface area contributed by atoms with E-state index in [9.17, 15) is 39.6 Å². The van der Waals surface area contributed by atoms with Crippen molar-refractivity contribution in [2.45, 2.75) is 222 Å². The fourth-order valence-corrected chi connectivity index (χ4v) is 9.25. The van der Waals surface area contributed by atoms with Crippen molar-refractivity contribution in [3.8, 4) is 0 Å². The molecule has 6 unspecified atom stereocenters. The summed E-state index contributed by atoms with van der Waals surface area (Å²) < 4.78 is 25.2. The Labute approximate surface area is 388 Å². The lowest BCUT2D eigenvalue weighted by atomic mass is 9.73. The van der Waals surface area contributed by atoms with Crippen LogP contribution in [0.4, 0.5) is 0 Å². The molecule has 4 N–H and O–H groups in total. The molecule has 4 fully saturated rings. The van der Waals surface area contributed by atoms with Crippen LogP contribution in [0.5, 0.6) is 0 Å². The average molecular weight is 988 g/mol. The van der Waals surface area contributed by atoms with E-state index < -0.39 is 71.2 Å². The van der Waals surface area contributed by atoms with Crippen LogP contribution in [-0.2, 0) is 38.1 Å². The number of aliphatic hydroxyl groups excluding tert-OH is 4. The molecule has 355 valence electrons. The first-order chi connectivity index (χ1) is 27.7. The Morgan fingerprint density at radius 3 is 1.31 bits per heavy atom. The second-order valence-electron chi connectivity index (χ2n) is 20.1. The van der Waals surface area contributed by atoms with Gasteiger partial charge in [0, 0.05) is 33.1 Å². The second-order valence-corrected chi connectivity index (χ2v) is 20.7. The Kier molecular flexibility index (Phi) is 22.3. The normalized spacial score (nSPS) is 40.4. The fourth-order valence-electron chi connectivity index (χ4n) is 8.84. The van der Waals surface area contributed by atoms with Gasteiger partial charge in [0.15, 0.2) is 0 Å². The van der Waals surface area contributed by atoms with Gasteiger partial charge in [0.1, 0.15) is 23.8 Å². The highest BCUT2D eigenvalue weighted by Crippen LogP contribution is 2.46. The molecule has 3 radical (unpaired) electrons. The summed E-state index contributed by atoms with van der Waals surface area (Å²) in [5, 5.41) is 42.9. The van der Waals surface area contributed by atoms with Crippen LogP contribution >= 0.6 is 22.6 Å². The minimum atomic E-state index is -1.19. The van der Waals surface area contributed by atoms with Crippen molar-refractivity contribution in [1.29, 1.82) is 0 Å². The fraction of sp³-hybridized carbons (Fsp3) is 0.833. The molecule has 62 heavy (non-hydrogen) atoms. The number of ether oxygens (including phenoxy) is 4. The number of Topliss-reactive ketones (excluding diaryl/α,β-unsaturated/α-hetero) is 2. The molecule has 14 heteroatoms. The number of carbonyl (C=O) groups excluding carboxylic acids is 4. The van der Waals surface area contributed by atoms with Gasteiger partial charge >= 0.3 is 11.9 Å². The smallest absolute Gasteiger partial charge is 0.309 e. The first-order valence-corrected chi connectivity index (χ1v) is 23.4. The van der Waals surface area contributed by atoms with Crippen LogP contribution in [0.3, 0.4) is 0 Å². The molecular formula is C48H81BIO12. The van der Waals surface area contributed by atoms with E-state index in [1.165, 1.54) is 0 Å². The quantitative estimate of drug-likeness (QED) is 0.0692. The molecular weight excluding hydrogens is 906 g/mol. The van der Waals surface area contributed by atoms with Crippen molar-refractivity contribution in [2.24, 2.45) is 34.5 Å². The standard InChI is InChI=1S/C24H40O6.C23H37IO6.CH4.B/c1-8-14(2)17-12-19-24(7,30-19)11-9-10-15(3)21(27)16(4)22(28)23(5,6)18(25)13-20(26)29-17;1-13-8-7-9-23(6)18(30-23)10-16(14(2)12-24)29-19(26)11-17(25)22(4,5)21(28)15(3)20(13)27;;/h8,15-19,21,25,27H,9-13H2,1-7H3;12-13,15-18,20,25,27H,7-11H2,1-6H3;1H4;/b14-8+;14-12+;;/t15?,16?,17-,18?,19-,21-,24+;13?,15?,16-,17?,18-,20-,23+;;/m00../s1. The van der Waals surface area contributed by atoms with Crippen LogP contribution in [0.25, 0.3) is 0 Å². The number of esters is 2. The monoisotopic (exact) mass is 987 g/mol. The Hall–Kier alpha value is -1.69. The zero-order chi connectivity index (χ0) is 45.7. The third kappa shape index (κ3) is 14.7. The molecule has 4 heterocycles. The first kappa shape index (κ1) is 58.3. The molecule has 0 aromatic rings. The molecule has 14 atom stereocenters. The van der Waals surface area contributed by atoms with E-state index in [1.807, 2.05) is 44.8 Å². The van der Waals surface area contributed by atoms with Crippen molar-refractivity contribution in [1.82, 2.24) is 0 Å². The van der Waals surface area contributed by atoms with Crippen LogP contribution in [-0.4, -0.2) is 112 Å². The van der Waals surface area contributed by atoms with Gasteiger partial charge in [0.25, 0.3) is 0 Å². The molecule has 4 aliphatic rings. The van der Waals surface area contributed by atoms with Gasteiger partial charge in [-0.1, -0.05) is 104 Å². The number of halogens is 1. The Morgan fingerprint density at radius 1 is 0.645 bits per heavy atom. The summed E-state index contributed by atoms with van der Waals surface area (Å²) in [4.78, 5) is 51.3. The van der Waals surface area contributed by atoms with E-state index in [0.29, 0.717) is 12.8 Å². The van der Waals surface area contributed by atoms with Gasteiger partial charge in [-0.15, -0.1) is 0 Å². The van der Waals surface area contributed by atoms with Crippen molar-refractivity contribution < 1.29 is 58.6 Å². The average Bonchev–Trinajstić information content (AvgIpc) is 4.05. The van der Waals surface area contributed by atoms with Gasteiger partial charge in [-0.2, -0.15) is 0 Å². The lowest BCUT2D eigenvalue weighted by Crippen LogP contribution is -2.45. The Bertz CT molecular complexity index is 1470. The van der Waals surface area contributed by atoms with Gasteiger partial charge in [0.05, 0.1) is 71.5 Å². The number of epoxide rings is 2. The number of fused-ring (bicyclic) bond motifs is 2. The minimum absolute atomic E-state index is 0. The van der Waals surface area contributed by atoms with Crippen molar-refractivity contribution in [3.63, 3.8) is 0 Å². The lowest BCUT2D eigenvalue weighted by Gasteiger charge is -2.34. The summed E-state index contributed by atoms with van der Waals surface area (Å²) >= 11 is 2.13. The summed E-state index contributed by atoms with van der Waals surface area (Å²) in [6.07, 6.45) is 2.80. The van der Waals surface area contributed by atoms with Crippen molar-refractivity contribution >= 4 is 54.5 Å². The van der Waals surface area contributed by atoms with E-state index in [1.54, 1.807) is 41.5 Å². The number of hydrogen-bond acceptors (Lipinski definition) is 12.